The predicted octanol–water partition coefficient (Wildman–Crippen LogP) is 2.09. The van der Waals surface area contributed by atoms with Crippen LogP contribution in [0, 0.1) is 0 Å². The summed E-state index contributed by atoms with van der Waals surface area (Å²) in [5.41, 5.74) is 2.42. The number of para-hydroxylation sites is 1. The van der Waals surface area contributed by atoms with Crippen LogP contribution in [-0.4, -0.2) is 54.8 Å². The van der Waals surface area contributed by atoms with Gasteiger partial charge < -0.3 is 15.1 Å². The smallest absolute Gasteiger partial charge is 0.224 e. The fraction of sp³-hybridized carbons (Fsp3) is 0.556. The van der Waals surface area contributed by atoms with Gasteiger partial charge >= 0.3 is 0 Å². The monoisotopic (exact) mass is 317 g/mol. The lowest BCUT2D eigenvalue weighted by Gasteiger charge is -2.32. The molecule has 1 heterocycles. The number of piperazine rings is 1. The second-order valence-corrected chi connectivity index (χ2v) is 6.99. The van der Waals surface area contributed by atoms with E-state index in [-0.39, 0.29) is 11.3 Å². The summed E-state index contributed by atoms with van der Waals surface area (Å²) in [7, 11) is 0. The molecule has 0 saturated carbocycles. The van der Waals surface area contributed by atoms with Gasteiger partial charge in [0, 0.05) is 44.8 Å². The second kappa shape index (κ2) is 7.49. The summed E-state index contributed by atoms with van der Waals surface area (Å²) < 4.78 is 0. The van der Waals surface area contributed by atoms with Crippen molar-refractivity contribution in [2.24, 2.45) is 0 Å². The van der Waals surface area contributed by atoms with E-state index in [1.54, 1.807) is 4.90 Å². The molecule has 126 valence electrons. The van der Waals surface area contributed by atoms with Crippen molar-refractivity contribution >= 4 is 18.0 Å². The van der Waals surface area contributed by atoms with Crippen molar-refractivity contribution in [1.82, 2.24) is 9.80 Å². The maximum Gasteiger partial charge on any atom is 0.224 e. The van der Waals surface area contributed by atoms with Crippen molar-refractivity contribution in [2.75, 3.05) is 38.0 Å². The second-order valence-electron chi connectivity index (χ2n) is 6.99. The van der Waals surface area contributed by atoms with E-state index in [9.17, 15) is 9.59 Å². The van der Waals surface area contributed by atoms with Gasteiger partial charge in [0.05, 0.1) is 0 Å². The number of hydrogen-bond donors (Lipinski definition) is 1. The van der Waals surface area contributed by atoms with Crippen molar-refractivity contribution in [3.63, 3.8) is 0 Å². The van der Waals surface area contributed by atoms with Crippen LogP contribution in [0.25, 0.3) is 0 Å². The molecule has 2 amide bonds. The quantitative estimate of drug-likeness (QED) is 0.846. The van der Waals surface area contributed by atoms with Gasteiger partial charge in [0.2, 0.25) is 12.3 Å². The van der Waals surface area contributed by atoms with Gasteiger partial charge in [-0.2, -0.15) is 0 Å². The highest BCUT2D eigenvalue weighted by atomic mass is 16.2. The number of rotatable bonds is 5. The van der Waals surface area contributed by atoms with Gasteiger partial charge in [-0.05, 0) is 17.0 Å². The SMILES string of the molecule is CC(C)(C)c1ccccc1NCCC(=O)N1CCN(C=O)CC1. The minimum absolute atomic E-state index is 0.0682. The van der Waals surface area contributed by atoms with Gasteiger partial charge in [-0.1, -0.05) is 39.0 Å². The number of hydrogen-bond acceptors (Lipinski definition) is 3. The molecular weight excluding hydrogens is 290 g/mol. The third kappa shape index (κ3) is 4.71. The molecule has 1 saturated heterocycles. The molecule has 2 rings (SSSR count). The van der Waals surface area contributed by atoms with Crippen molar-refractivity contribution in [2.45, 2.75) is 32.6 Å². The number of carbonyl (C=O) groups excluding carboxylic acids is 2. The predicted molar refractivity (Wildman–Crippen MR) is 92.5 cm³/mol. The molecule has 1 N–H and O–H groups in total. The average molecular weight is 317 g/mol. The third-order valence-corrected chi connectivity index (χ3v) is 4.21. The van der Waals surface area contributed by atoms with Crippen molar-refractivity contribution in [3.05, 3.63) is 29.8 Å². The van der Waals surface area contributed by atoms with E-state index < -0.39 is 0 Å². The first-order chi connectivity index (χ1) is 10.9. The molecule has 1 fully saturated rings. The van der Waals surface area contributed by atoms with Crippen LogP contribution in [0.1, 0.15) is 32.8 Å². The van der Waals surface area contributed by atoms with Crippen molar-refractivity contribution < 1.29 is 9.59 Å². The first-order valence-electron chi connectivity index (χ1n) is 8.22. The van der Waals surface area contributed by atoms with Crippen LogP contribution in [0.3, 0.4) is 0 Å². The van der Waals surface area contributed by atoms with Crippen LogP contribution >= 0.6 is 0 Å². The summed E-state index contributed by atoms with van der Waals surface area (Å²) >= 11 is 0. The highest BCUT2D eigenvalue weighted by Gasteiger charge is 2.20. The first kappa shape index (κ1) is 17.3. The molecule has 1 aromatic rings. The standard InChI is InChI=1S/C18H27N3O2/c1-18(2,3)15-6-4-5-7-16(15)19-9-8-17(23)21-12-10-20(14-22)11-13-21/h4-7,14,19H,8-13H2,1-3H3. The summed E-state index contributed by atoms with van der Waals surface area (Å²) in [6.45, 7) is 9.72. The average Bonchev–Trinajstić information content (AvgIpc) is 2.54. The third-order valence-electron chi connectivity index (χ3n) is 4.21. The largest absolute Gasteiger partial charge is 0.384 e. The number of benzene rings is 1. The lowest BCUT2D eigenvalue weighted by Crippen LogP contribution is -2.48. The van der Waals surface area contributed by atoms with Crippen LogP contribution in [0.15, 0.2) is 24.3 Å². The van der Waals surface area contributed by atoms with Gasteiger partial charge in [-0.15, -0.1) is 0 Å². The normalized spacial score (nSPS) is 15.4. The van der Waals surface area contributed by atoms with Crippen molar-refractivity contribution in [1.29, 1.82) is 0 Å². The Labute approximate surface area is 138 Å². The molecule has 0 radical (unpaired) electrons. The lowest BCUT2D eigenvalue weighted by molar-refractivity contribution is -0.134. The highest BCUT2D eigenvalue weighted by Crippen LogP contribution is 2.29. The maximum atomic E-state index is 12.2. The Hall–Kier alpha value is -2.04. The summed E-state index contributed by atoms with van der Waals surface area (Å²) in [5, 5.41) is 3.40. The molecular formula is C18H27N3O2. The van der Waals surface area contributed by atoms with E-state index in [1.165, 1.54) is 5.56 Å². The molecule has 0 aliphatic carbocycles. The molecule has 1 aliphatic heterocycles. The number of nitrogens with one attached hydrogen (secondary N) is 1. The van der Waals surface area contributed by atoms with Crippen LogP contribution in [0.4, 0.5) is 5.69 Å². The fourth-order valence-corrected chi connectivity index (χ4v) is 2.83. The number of nitrogens with zero attached hydrogens (tertiary/aromatic N) is 2. The molecule has 0 bridgehead atoms. The van der Waals surface area contributed by atoms with Gasteiger partial charge in [-0.3, -0.25) is 9.59 Å². The Morgan fingerprint density at radius 2 is 1.83 bits per heavy atom. The molecule has 1 aliphatic rings. The topological polar surface area (TPSA) is 52.7 Å². The zero-order valence-corrected chi connectivity index (χ0v) is 14.3. The first-order valence-corrected chi connectivity index (χ1v) is 8.22. The Balaban J connectivity index is 1.84. The highest BCUT2D eigenvalue weighted by molar-refractivity contribution is 5.77. The number of amides is 2. The van der Waals surface area contributed by atoms with Crippen molar-refractivity contribution in [3.8, 4) is 0 Å². The minimum Gasteiger partial charge on any atom is -0.384 e. The van der Waals surface area contributed by atoms with Crippen LogP contribution in [0.2, 0.25) is 0 Å². The Morgan fingerprint density at radius 3 is 2.43 bits per heavy atom. The van der Waals surface area contributed by atoms with E-state index >= 15 is 0 Å². The summed E-state index contributed by atoms with van der Waals surface area (Å²) in [6, 6.07) is 8.25. The Morgan fingerprint density at radius 1 is 1.17 bits per heavy atom. The molecule has 5 heteroatoms. The van der Waals surface area contributed by atoms with E-state index in [4.69, 9.17) is 0 Å². The Kier molecular flexibility index (Phi) is 5.64. The minimum atomic E-state index is 0.0682. The lowest BCUT2D eigenvalue weighted by atomic mass is 9.86. The molecule has 5 nitrogen and oxygen atoms in total. The van der Waals surface area contributed by atoms with Gasteiger partial charge in [0.25, 0.3) is 0 Å². The van der Waals surface area contributed by atoms with Gasteiger partial charge in [0.15, 0.2) is 0 Å². The van der Waals surface area contributed by atoms with E-state index in [0.717, 1.165) is 12.1 Å². The fourth-order valence-electron chi connectivity index (χ4n) is 2.83. The molecule has 23 heavy (non-hydrogen) atoms. The maximum absolute atomic E-state index is 12.2. The summed E-state index contributed by atoms with van der Waals surface area (Å²) in [5.74, 6) is 0.149. The van der Waals surface area contributed by atoms with Crippen LogP contribution < -0.4 is 5.32 Å². The van der Waals surface area contributed by atoms with Crippen LogP contribution in [-0.2, 0) is 15.0 Å². The molecule has 1 aromatic carbocycles. The zero-order valence-electron chi connectivity index (χ0n) is 14.3. The van der Waals surface area contributed by atoms with Gasteiger partial charge in [-0.25, -0.2) is 0 Å². The molecule has 0 atom stereocenters. The van der Waals surface area contributed by atoms with E-state index in [2.05, 4.69) is 38.2 Å². The summed E-state index contributed by atoms with van der Waals surface area (Å²) in [6.07, 6.45) is 1.33. The van der Waals surface area contributed by atoms with E-state index in [1.807, 2.05) is 17.0 Å². The van der Waals surface area contributed by atoms with Gasteiger partial charge in [0.1, 0.15) is 0 Å². The number of carbonyl (C=O) groups is 2. The molecule has 0 unspecified atom stereocenters. The molecule has 0 aromatic heterocycles. The zero-order chi connectivity index (χ0) is 16.9. The van der Waals surface area contributed by atoms with E-state index in [0.29, 0.717) is 39.1 Å². The Bertz CT molecular complexity index is 543. The van der Waals surface area contributed by atoms with Crippen LogP contribution in [0.5, 0.6) is 0 Å². The number of anilines is 1. The molecule has 0 spiro atoms. The summed E-state index contributed by atoms with van der Waals surface area (Å²) in [4.78, 5) is 26.5.